The molecule has 0 radical (unpaired) electrons. The zero-order valence-corrected chi connectivity index (χ0v) is 5.98. The molecule has 0 rings (SSSR count). The van der Waals surface area contributed by atoms with E-state index in [0.29, 0.717) is 5.76 Å². The third-order valence-electron chi connectivity index (χ3n) is 1.19. The maximum Gasteiger partial charge on any atom is 0.116 e. The van der Waals surface area contributed by atoms with Gasteiger partial charge in [-0.05, 0) is 6.42 Å². The van der Waals surface area contributed by atoms with Gasteiger partial charge in [0.05, 0.1) is 7.11 Å². The fourth-order valence-electron chi connectivity index (χ4n) is 0.539. The molecule has 2 nitrogen and oxygen atoms in total. The highest BCUT2D eigenvalue weighted by atomic mass is 16.5. The average molecular weight is 127 g/mol. The van der Waals surface area contributed by atoms with Crippen LogP contribution < -0.4 is 5.73 Å². The van der Waals surface area contributed by atoms with E-state index in [1.807, 2.05) is 6.92 Å². The molecule has 9 heavy (non-hydrogen) atoms. The van der Waals surface area contributed by atoms with Gasteiger partial charge < -0.3 is 10.5 Å². The van der Waals surface area contributed by atoms with Crippen LogP contribution in [0.2, 0.25) is 0 Å². The molecule has 0 aromatic carbocycles. The second-order valence-electron chi connectivity index (χ2n) is 1.67. The topological polar surface area (TPSA) is 35.2 Å². The molecule has 0 aliphatic carbocycles. The Kier molecular flexibility index (Phi) is 3.60. The van der Waals surface area contributed by atoms with E-state index in [1.54, 1.807) is 7.11 Å². The van der Waals surface area contributed by atoms with Crippen LogP contribution in [0.15, 0.2) is 24.1 Å². The van der Waals surface area contributed by atoms with Crippen LogP contribution in [0.5, 0.6) is 0 Å². The third kappa shape index (κ3) is 2.22. The van der Waals surface area contributed by atoms with Crippen LogP contribution in [-0.4, -0.2) is 7.11 Å². The minimum atomic E-state index is 0.653. The smallest absolute Gasteiger partial charge is 0.116 e. The lowest BCUT2D eigenvalue weighted by Crippen LogP contribution is -1.93. The first-order valence-electron chi connectivity index (χ1n) is 2.90. The lowest BCUT2D eigenvalue weighted by molar-refractivity contribution is 0.300. The van der Waals surface area contributed by atoms with Crippen LogP contribution in [0, 0.1) is 0 Å². The Bertz CT molecular complexity index is 127. The molecule has 2 N–H and O–H groups in total. The quantitative estimate of drug-likeness (QED) is 0.459. The fraction of sp³-hybridized carbons (Fsp3) is 0.429. The van der Waals surface area contributed by atoms with Crippen molar-refractivity contribution >= 4 is 0 Å². The van der Waals surface area contributed by atoms with E-state index >= 15 is 0 Å². The lowest BCUT2D eigenvalue weighted by Gasteiger charge is -2.04. The zero-order valence-electron chi connectivity index (χ0n) is 5.98. The summed E-state index contributed by atoms with van der Waals surface area (Å²) in [5.74, 6) is 0.653. The van der Waals surface area contributed by atoms with Crippen molar-refractivity contribution in [2.24, 2.45) is 5.73 Å². The average Bonchev–Trinajstić information content (AvgIpc) is 1.90. The number of rotatable bonds is 3. The summed E-state index contributed by atoms with van der Waals surface area (Å²) in [6.45, 7) is 5.65. The molecule has 0 aliphatic heterocycles. The Morgan fingerprint density at radius 3 is 2.44 bits per heavy atom. The molecule has 0 fully saturated rings. The lowest BCUT2D eigenvalue weighted by atomic mass is 10.2. The van der Waals surface area contributed by atoms with Crippen LogP contribution >= 0.6 is 0 Å². The first kappa shape index (κ1) is 8.08. The largest absolute Gasteiger partial charge is 0.497 e. The van der Waals surface area contributed by atoms with Crippen LogP contribution in [-0.2, 0) is 4.74 Å². The number of ether oxygens (including phenoxy) is 1. The van der Waals surface area contributed by atoms with Gasteiger partial charge in [0, 0.05) is 11.8 Å². The summed E-state index contributed by atoms with van der Waals surface area (Å²) in [5.41, 5.74) is 6.21. The van der Waals surface area contributed by atoms with Gasteiger partial charge in [0.25, 0.3) is 0 Å². The molecule has 52 valence electrons. The van der Waals surface area contributed by atoms with Crippen molar-refractivity contribution in [3.63, 3.8) is 0 Å². The Balaban J connectivity index is 3.97. The van der Waals surface area contributed by atoms with Gasteiger partial charge in [-0.2, -0.15) is 0 Å². The van der Waals surface area contributed by atoms with E-state index in [-0.39, 0.29) is 0 Å². The maximum atomic E-state index is 5.26. The summed E-state index contributed by atoms with van der Waals surface area (Å²) in [5, 5.41) is 0. The predicted octanol–water partition coefficient (Wildman–Crippen LogP) is 1.40. The van der Waals surface area contributed by atoms with Crippen molar-refractivity contribution in [1.82, 2.24) is 0 Å². The van der Waals surface area contributed by atoms with Crippen LogP contribution in [0.4, 0.5) is 0 Å². The highest BCUT2D eigenvalue weighted by Crippen LogP contribution is 2.09. The molecule has 0 heterocycles. The standard InChI is InChI=1S/C7H13NO/c1-4-7(5-8)6(2)9-3/h5H,2,4,8H2,1,3H3/b7-5-. The van der Waals surface area contributed by atoms with E-state index in [1.165, 1.54) is 6.20 Å². The summed E-state index contributed by atoms with van der Waals surface area (Å²) in [6.07, 6.45) is 2.38. The summed E-state index contributed by atoms with van der Waals surface area (Å²) < 4.78 is 4.85. The second-order valence-corrected chi connectivity index (χ2v) is 1.67. The van der Waals surface area contributed by atoms with Gasteiger partial charge in [-0.3, -0.25) is 0 Å². The van der Waals surface area contributed by atoms with Crippen molar-refractivity contribution in [1.29, 1.82) is 0 Å². The van der Waals surface area contributed by atoms with Gasteiger partial charge in [-0.15, -0.1) is 0 Å². The van der Waals surface area contributed by atoms with Crippen molar-refractivity contribution in [2.45, 2.75) is 13.3 Å². The maximum absolute atomic E-state index is 5.26. The van der Waals surface area contributed by atoms with Gasteiger partial charge in [0.2, 0.25) is 0 Å². The minimum Gasteiger partial charge on any atom is -0.497 e. The molecule has 0 saturated carbocycles. The van der Waals surface area contributed by atoms with Crippen LogP contribution in [0.3, 0.4) is 0 Å². The van der Waals surface area contributed by atoms with Gasteiger partial charge in [-0.1, -0.05) is 13.5 Å². The SMILES string of the molecule is C=C(OC)/C(=C\N)CC. The van der Waals surface area contributed by atoms with Crippen molar-refractivity contribution in [2.75, 3.05) is 7.11 Å². The molecule has 0 spiro atoms. The van der Waals surface area contributed by atoms with Crippen LogP contribution in [0.25, 0.3) is 0 Å². The predicted molar refractivity (Wildman–Crippen MR) is 38.7 cm³/mol. The summed E-state index contributed by atoms with van der Waals surface area (Å²) in [4.78, 5) is 0. The number of hydrogen-bond acceptors (Lipinski definition) is 2. The van der Waals surface area contributed by atoms with Gasteiger partial charge in [0.15, 0.2) is 0 Å². The van der Waals surface area contributed by atoms with E-state index in [4.69, 9.17) is 10.5 Å². The molecule has 0 bridgehead atoms. The van der Waals surface area contributed by atoms with E-state index in [0.717, 1.165) is 12.0 Å². The molecule has 0 aromatic heterocycles. The molecule has 0 aromatic rings. The summed E-state index contributed by atoms with van der Waals surface area (Å²) in [7, 11) is 1.58. The molecule has 0 atom stereocenters. The number of nitrogens with two attached hydrogens (primary N) is 1. The molecular weight excluding hydrogens is 114 g/mol. The molecule has 0 amide bonds. The Morgan fingerprint density at radius 1 is 1.78 bits per heavy atom. The minimum absolute atomic E-state index is 0.653. The monoisotopic (exact) mass is 127 g/mol. The highest BCUT2D eigenvalue weighted by molar-refractivity contribution is 5.21. The van der Waals surface area contributed by atoms with Crippen molar-refractivity contribution < 1.29 is 4.74 Å². The van der Waals surface area contributed by atoms with Crippen molar-refractivity contribution in [3.8, 4) is 0 Å². The van der Waals surface area contributed by atoms with E-state index in [9.17, 15) is 0 Å². The molecule has 0 aliphatic rings. The molecule has 0 unspecified atom stereocenters. The number of allylic oxidation sites excluding steroid dienone is 1. The number of methoxy groups -OCH3 is 1. The summed E-state index contributed by atoms with van der Waals surface area (Å²) >= 11 is 0. The Morgan fingerprint density at radius 2 is 2.33 bits per heavy atom. The highest BCUT2D eigenvalue weighted by Gasteiger charge is 1.96. The number of hydrogen-bond donors (Lipinski definition) is 1. The molecule has 2 heteroatoms. The first-order valence-corrected chi connectivity index (χ1v) is 2.90. The van der Waals surface area contributed by atoms with Gasteiger partial charge in [-0.25, -0.2) is 0 Å². The van der Waals surface area contributed by atoms with Gasteiger partial charge in [0.1, 0.15) is 5.76 Å². The second kappa shape index (κ2) is 4.01. The summed E-state index contributed by atoms with van der Waals surface area (Å²) in [6, 6.07) is 0. The molecular formula is C7H13NO. The Hall–Kier alpha value is -0.920. The van der Waals surface area contributed by atoms with E-state index in [2.05, 4.69) is 6.58 Å². The van der Waals surface area contributed by atoms with E-state index < -0.39 is 0 Å². The van der Waals surface area contributed by atoms with Crippen molar-refractivity contribution in [3.05, 3.63) is 24.1 Å². The molecule has 0 saturated heterocycles. The fourth-order valence-corrected chi connectivity index (χ4v) is 0.539. The normalized spacial score (nSPS) is 11.1. The van der Waals surface area contributed by atoms with Gasteiger partial charge >= 0.3 is 0 Å². The third-order valence-corrected chi connectivity index (χ3v) is 1.19. The van der Waals surface area contributed by atoms with Crippen LogP contribution in [0.1, 0.15) is 13.3 Å². The Labute approximate surface area is 56.0 Å². The zero-order chi connectivity index (χ0) is 7.28. The first-order chi connectivity index (χ1) is 4.26.